The van der Waals surface area contributed by atoms with Gasteiger partial charge in [-0.3, -0.25) is 4.79 Å². The van der Waals surface area contributed by atoms with Gasteiger partial charge in [-0.1, -0.05) is 23.7 Å². The molecular formula is C13H9Br2ClN2O. The van der Waals surface area contributed by atoms with Crippen molar-refractivity contribution in [2.24, 2.45) is 0 Å². The van der Waals surface area contributed by atoms with E-state index in [1.54, 1.807) is 18.2 Å². The molecule has 0 bridgehead atoms. The van der Waals surface area contributed by atoms with Crippen LogP contribution in [-0.4, -0.2) is 5.91 Å². The van der Waals surface area contributed by atoms with E-state index in [4.69, 9.17) is 17.3 Å². The van der Waals surface area contributed by atoms with Crippen LogP contribution in [0.15, 0.2) is 45.3 Å². The molecule has 0 aromatic heterocycles. The normalized spacial score (nSPS) is 10.3. The number of para-hydroxylation sites is 1. The summed E-state index contributed by atoms with van der Waals surface area (Å²) >= 11 is 12.8. The molecule has 0 saturated carbocycles. The van der Waals surface area contributed by atoms with Crippen LogP contribution in [0.5, 0.6) is 0 Å². The second-order valence-corrected chi connectivity index (χ2v) is 5.85. The highest BCUT2D eigenvalue weighted by Crippen LogP contribution is 2.32. The minimum absolute atomic E-state index is 0.253. The van der Waals surface area contributed by atoms with Crippen molar-refractivity contribution in [1.29, 1.82) is 0 Å². The Hall–Kier alpha value is -1.04. The third-order valence-corrected chi connectivity index (χ3v) is 4.22. The molecule has 6 heteroatoms. The molecule has 3 N–H and O–H groups in total. The molecule has 0 atom stereocenters. The van der Waals surface area contributed by atoms with Gasteiger partial charge >= 0.3 is 0 Å². The largest absolute Gasteiger partial charge is 0.398 e. The average molecular weight is 404 g/mol. The van der Waals surface area contributed by atoms with E-state index in [-0.39, 0.29) is 10.9 Å². The quantitative estimate of drug-likeness (QED) is 0.713. The molecule has 0 unspecified atom stereocenters. The molecule has 1 amide bonds. The fraction of sp³-hybridized carbons (Fsp3) is 0. The van der Waals surface area contributed by atoms with E-state index in [9.17, 15) is 4.79 Å². The van der Waals surface area contributed by atoms with Crippen molar-refractivity contribution in [3.05, 3.63) is 55.9 Å². The van der Waals surface area contributed by atoms with Crippen LogP contribution in [0.25, 0.3) is 0 Å². The summed E-state index contributed by atoms with van der Waals surface area (Å²) in [6, 6.07) is 10.5. The molecule has 0 heterocycles. The van der Waals surface area contributed by atoms with Crippen LogP contribution in [-0.2, 0) is 0 Å². The lowest BCUT2D eigenvalue weighted by Gasteiger charge is -2.11. The minimum atomic E-state index is -0.315. The van der Waals surface area contributed by atoms with Gasteiger partial charge in [0.15, 0.2) is 0 Å². The van der Waals surface area contributed by atoms with E-state index < -0.39 is 0 Å². The molecule has 0 fully saturated rings. The van der Waals surface area contributed by atoms with Crippen molar-refractivity contribution in [3.63, 3.8) is 0 Å². The highest BCUT2D eigenvalue weighted by molar-refractivity contribution is 9.11. The molecule has 0 aliphatic heterocycles. The maximum absolute atomic E-state index is 12.2. The van der Waals surface area contributed by atoms with Crippen molar-refractivity contribution in [1.82, 2.24) is 0 Å². The molecule has 0 aliphatic carbocycles. The number of anilines is 2. The molecule has 98 valence electrons. The zero-order chi connectivity index (χ0) is 14.0. The number of nitrogen functional groups attached to an aromatic ring is 1. The van der Waals surface area contributed by atoms with Crippen molar-refractivity contribution < 1.29 is 4.79 Å². The fourth-order valence-corrected chi connectivity index (χ4v) is 2.93. The average Bonchev–Trinajstić information content (AvgIpc) is 2.37. The number of amides is 1. The van der Waals surface area contributed by atoms with Gasteiger partial charge in [0, 0.05) is 8.95 Å². The summed E-state index contributed by atoms with van der Waals surface area (Å²) in [7, 11) is 0. The maximum atomic E-state index is 12.2. The van der Waals surface area contributed by atoms with Crippen molar-refractivity contribution in [2.75, 3.05) is 11.1 Å². The van der Waals surface area contributed by atoms with Crippen LogP contribution in [0.3, 0.4) is 0 Å². The lowest BCUT2D eigenvalue weighted by molar-refractivity contribution is 0.102. The first-order valence-electron chi connectivity index (χ1n) is 5.30. The molecule has 2 rings (SSSR count). The second-order valence-electron chi connectivity index (χ2n) is 3.76. The molecule has 0 aliphatic rings. The van der Waals surface area contributed by atoms with Gasteiger partial charge < -0.3 is 11.1 Å². The van der Waals surface area contributed by atoms with Gasteiger partial charge in [0.05, 0.1) is 22.0 Å². The third kappa shape index (κ3) is 3.11. The maximum Gasteiger partial charge on any atom is 0.257 e. The first-order valence-corrected chi connectivity index (χ1v) is 7.26. The Bertz CT molecular complexity index is 626. The van der Waals surface area contributed by atoms with Crippen molar-refractivity contribution in [3.8, 4) is 0 Å². The van der Waals surface area contributed by atoms with Gasteiger partial charge in [-0.15, -0.1) is 0 Å². The van der Waals surface area contributed by atoms with E-state index in [1.807, 2.05) is 18.2 Å². The Labute approximate surface area is 132 Å². The Kier molecular flexibility index (Phi) is 4.50. The summed E-state index contributed by atoms with van der Waals surface area (Å²) in [4.78, 5) is 12.2. The highest BCUT2D eigenvalue weighted by atomic mass is 79.9. The fourth-order valence-electron chi connectivity index (χ4n) is 1.52. The van der Waals surface area contributed by atoms with Crippen LogP contribution in [0.1, 0.15) is 10.4 Å². The minimum Gasteiger partial charge on any atom is -0.398 e. The smallest absolute Gasteiger partial charge is 0.257 e. The molecule has 0 saturated heterocycles. The van der Waals surface area contributed by atoms with Crippen LogP contribution in [0, 0.1) is 0 Å². The van der Waals surface area contributed by atoms with E-state index in [1.165, 1.54) is 0 Å². The summed E-state index contributed by atoms with van der Waals surface area (Å²) in [5.74, 6) is -0.315. The van der Waals surface area contributed by atoms with E-state index >= 15 is 0 Å². The zero-order valence-corrected chi connectivity index (χ0v) is 13.5. The number of hydrogen-bond donors (Lipinski definition) is 2. The van der Waals surface area contributed by atoms with Crippen LogP contribution >= 0.6 is 43.5 Å². The molecule has 0 spiro atoms. The second kappa shape index (κ2) is 5.94. The third-order valence-electron chi connectivity index (χ3n) is 2.47. The van der Waals surface area contributed by atoms with Crippen LogP contribution < -0.4 is 11.1 Å². The number of hydrogen-bond acceptors (Lipinski definition) is 2. The van der Waals surface area contributed by atoms with E-state index in [2.05, 4.69) is 37.2 Å². The predicted molar refractivity (Wildman–Crippen MR) is 85.7 cm³/mol. The van der Waals surface area contributed by atoms with Gasteiger partial charge in [-0.25, -0.2) is 0 Å². The van der Waals surface area contributed by atoms with E-state index in [0.29, 0.717) is 16.9 Å². The summed E-state index contributed by atoms with van der Waals surface area (Å²) in [6.45, 7) is 0. The topological polar surface area (TPSA) is 55.1 Å². The number of halogens is 3. The van der Waals surface area contributed by atoms with Gasteiger partial charge in [-0.05, 0) is 56.1 Å². The Morgan fingerprint density at radius 2 is 1.68 bits per heavy atom. The predicted octanol–water partition coefficient (Wildman–Crippen LogP) is 4.70. The van der Waals surface area contributed by atoms with Crippen molar-refractivity contribution >= 4 is 60.7 Å². The number of nitrogens with one attached hydrogen (secondary N) is 1. The summed E-state index contributed by atoms with van der Waals surface area (Å²) in [5, 5.41) is 3.04. The summed E-state index contributed by atoms with van der Waals surface area (Å²) in [6.07, 6.45) is 0. The Balaban J connectivity index is 2.34. The lowest BCUT2D eigenvalue weighted by Crippen LogP contribution is -2.13. The first kappa shape index (κ1) is 14.4. The zero-order valence-electron chi connectivity index (χ0n) is 9.58. The van der Waals surface area contributed by atoms with Gasteiger partial charge in [0.1, 0.15) is 0 Å². The summed E-state index contributed by atoms with van der Waals surface area (Å²) in [5.41, 5.74) is 7.04. The first-order chi connectivity index (χ1) is 9.00. The number of rotatable bonds is 2. The SMILES string of the molecule is Nc1cccc(C(=O)Nc2c(Br)cccc2Br)c1Cl. The summed E-state index contributed by atoms with van der Waals surface area (Å²) < 4.78 is 1.55. The number of carbonyl (C=O) groups is 1. The van der Waals surface area contributed by atoms with Crippen LogP contribution in [0.2, 0.25) is 5.02 Å². The highest BCUT2D eigenvalue weighted by Gasteiger charge is 2.14. The molecule has 3 nitrogen and oxygen atoms in total. The lowest BCUT2D eigenvalue weighted by atomic mass is 10.2. The van der Waals surface area contributed by atoms with Crippen molar-refractivity contribution in [2.45, 2.75) is 0 Å². The monoisotopic (exact) mass is 402 g/mol. The van der Waals surface area contributed by atoms with E-state index in [0.717, 1.165) is 8.95 Å². The molecule has 2 aromatic rings. The van der Waals surface area contributed by atoms with Gasteiger partial charge in [0.25, 0.3) is 5.91 Å². The molecule has 19 heavy (non-hydrogen) atoms. The van der Waals surface area contributed by atoms with Crippen LogP contribution in [0.4, 0.5) is 11.4 Å². The van der Waals surface area contributed by atoms with Gasteiger partial charge in [0.2, 0.25) is 0 Å². The number of carbonyl (C=O) groups excluding carboxylic acids is 1. The molecular weight excluding hydrogens is 395 g/mol. The van der Waals surface area contributed by atoms with Gasteiger partial charge in [-0.2, -0.15) is 0 Å². The number of benzene rings is 2. The molecule has 2 aromatic carbocycles. The Morgan fingerprint density at radius 1 is 1.11 bits per heavy atom. The standard InChI is InChI=1S/C13H9Br2ClN2O/c14-8-4-2-5-9(15)12(8)18-13(19)7-3-1-6-10(17)11(7)16/h1-6H,17H2,(H,18,19). The molecule has 0 radical (unpaired) electrons. The number of nitrogens with two attached hydrogens (primary N) is 1. The Morgan fingerprint density at radius 3 is 2.32 bits per heavy atom.